The Kier molecular flexibility index (Phi) is 6.42. The number of hydrogen-bond acceptors (Lipinski definition) is 3. The summed E-state index contributed by atoms with van der Waals surface area (Å²) in [4.78, 5) is 18.0. The van der Waals surface area contributed by atoms with Gasteiger partial charge < -0.3 is 9.80 Å². The zero-order valence-corrected chi connectivity index (χ0v) is 19.6. The SMILES string of the molecule is Cc1ccc(C(=O)N2CC(CN3CCC(c4ccccc4)CC3)[C@H](c3ccsc3)C2)cc1. The highest BCUT2D eigenvalue weighted by molar-refractivity contribution is 7.08. The summed E-state index contributed by atoms with van der Waals surface area (Å²) >= 11 is 1.76. The lowest BCUT2D eigenvalue weighted by Gasteiger charge is -2.34. The van der Waals surface area contributed by atoms with Crippen LogP contribution in [0.4, 0.5) is 0 Å². The smallest absolute Gasteiger partial charge is 0.253 e. The van der Waals surface area contributed by atoms with Crippen molar-refractivity contribution in [3.8, 4) is 0 Å². The summed E-state index contributed by atoms with van der Waals surface area (Å²) in [6.07, 6.45) is 2.46. The van der Waals surface area contributed by atoms with E-state index in [1.165, 1.54) is 29.5 Å². The number of carbonyl (C=O) groups excluding carboxylic acids is 1. The Morgan fingerprint density at radius 3 is 2.38 bits per heavy atom. The van der Waals surface area contributed by atoms with Crippen LogP contribution in [0.2, 0.25) is 0 Å². The van der Waals surface area contributed by atoms with Gasteiger partial charge >= 0.3 is 0 Å². The van der Waals surface area contributed by atoms with Crippen LogP contribution in [0.15, 0.2) is 71.4 Å². The molecular formula is C28H32N2OS. The first-order chi connectivity index (χ1) is 15.7. The topological polar surface area (TPSA) is 23.6 Å². The van der Waals surface area contributed by atoms with Crippen molar-refractivity contribution in [2.24, 2.45) is 5.92 Å². The minimum Gasteiger partial charge on any atom is -0.338 e. The van der Waals surface area contributed by atoms with E-state index in [0.29, 0.717) is 17.8 Å². The van der Waals surface area contributed by atoms with Crippen LogP contribution in [0.25, 0.3) is 0 Å². The predicted molar refractivity (Wildman–Crippen MR) is 132 cm³/mol. The molecular weight excluding hydrogens is 412 g/mol. The summed E-state index contributed by atoms with van der Waals surface area (Å²) in [5.74, 6) is 1.79. The lowest BCUT2D eigenvalue weighted by atomic mass is 9.87. The van der Waals surface area contributed by atoms with E-state index in [-0.39, 0.29) is 5.91 Å². The van der Waals surface area contributed by atoms with Crippen molar-refractivity contribution in [2.75, 3.05) is 32.7 Å². The fraction of sp³-hybridized carbons (Fsp3) is 0.393. The lowest BCUT2D eigenvalue weighted by molar-refractivity contribution is 0.0781. The van der Waals surface area contributed by atoms with Gasteiger partial charge in [-0.15, -0.1) is 0 Å². The van der Waals surface area contributed by atoms with Crippen molar-refractivity contribution in [3.63, 3.8) is 0 Å². The number of benzene rings is 2. The van der Waals surface area contributed by atoms with Gasteiger partial charge in [-0.1, -0.05) is 48.0 Å². The van der Waals surface area contributed by atoms with Gasteiger partial charge in [-0.2, -0.15) is 11.3 Å². The number of likely N-dealkylation sites (tertiary alicyclic amines) is 2. The average Bonchev–Trinajstić information content (AvgIpc) is 3.50. The van der Waals surface area contributed by atoms with Crippen LogP contribution in [-0.2, 0) is 0 Å². The van der Waals surface area contributed by atoms with Gasteiger partial charge in [-0.25, -0.2) is 0 Å². The van der Waals surface area contributed by atoms with E-state index in [1.807, 2.05) is 24.3 Å². The minimum atomic E-state index is 0.176. The minimum absolute atomic E-state index is 0.176. The van der Waals surface area contributed by atoms with E-state index >= 15 is 0 Å². The number of piperidine rings is 1. The molecule has 3 nitrogen and oxygen atoms in total. The first-order valence-corrected chi connectivity index (χ1v) is 12.8. The third kappa shape index (κ3) is 4.67. The van der Waals surface area contributed by atoms with Gasteiger partial charge in [0.25, 0.3) is 5.91 Å². The monoisotopic (exact) mass is 444 g/mol. The maximum atomic E-state index is 13.2. The van der Waals surface area contributed by atoms with Crippen LogP contribution in [-0.4, -0.2) is 48.4 Å². The third-order valence-electron chi connectivity index (χ3n) is 7.35. The van der Waals surface area contributed by atoms with Crippen molar-refractivity contribution in [1.29, 1.82) is 0 Å². The average molecular weight is 445 g/mol. The molecule has 2 aliphatic heterocycles. The number of hydrogen-bond donors (Lipinski definition) is 0. The van der Waals surface area contributed by atoms with Crippen molar-refractivity contribution >= 4 is 17.2 Å². The van der Waals surface area contributed by atoms with Gasteiger partial charge in [-0.05, 0) is 84.8 Å². The molecule has 2 fully saturated rings. The highest BCUT2D eigenvalue weighted by Crippen LogP contribution is 2.36. The quantitative estimate of drug-likeness (QED) is 0.497. The largest absolute Gasteiger partial charge is 0.338 e. The molecule has 0 saturated carbocycles. The number of rotatable bonds is 5. The van der Waals surface area contributed by atoms with Crippen LogP contribution in [0.5, 0.6) is 0 Å². The molecule has 3 aromatic rings. The zero-order chi connectivity index (χ0) is 21.9. The molecule has 1 amide bonds. The molecule has 4 heteroatoms. The Labute approximate surface area is 195 Å². The van der Waals surface area contributed by atoms with E-state index in [2.05, 4.69) is 63.9 Å². The maximum Gasteiger partial charge on any atom is 0.253 e. The molecule has 0 radical (unpaired) electrons. The van der Waals surface area contributed by atoms with Crippen molar-refractivity contribution in [3.05, 3.63) is 93.7 Å². The summed E-state index contributed by atoms with van der Waals surface area (Å²) in [6, 6.07) is 21.2. The lowest BCUT2D eigenvalue weighted by Crippen LogP contribution is -2.38. The molecule has 0 spiro atoms. The van der Waals surface area contributed by atoms with Crippen LogP contribution in [0.1, 0.15) is 51.7 Å². The standard InChI is InChI=1S/C28H32N2OS/c1-21-7-9-24(10-8-21)28(31)30-18-26(27(19-30)25-13-16-32-20-25)17-29-14-11-23(12-15-29)22-5-3-2-4-6-22/h2-10,13,16,20,23,26-27H,11-12,14-15,17-19H2,1H3/t26?,27-/m0/s1. The van der Waals surface area contributed by atoms with E-state index < -0.39 is 0 Å². The van der Waals surface area contributed by atoms with Gasteiger partial charge in [0.1, 0.15) is 0 Å². The van der Waals surface area contributed by atoms with Gasteiger partial charge in [0.05, 0.1) is 0 Å². The Morgan fingerprint density at radius 1 is 0.938 bits per heavy atom. The fourth-order valence-electron chi connectivity index (χ4n) is 5.47. The second-order valence-electron chi connectivity index (χ2n) is 9.48. The summed E-state index contributed by atoms with van der Waals surface area (Å²) in [5, 5.41) is 4.45. The zero-order valence-electron chi connectivity index (χ0n) is 18.8. The number of thiophene rings is 1. The summed E-state index contributed by atoms with van der Waals surface area (Å²) in [6.45, 7) is 7.13. The predicted octanol–water partition coefficient (Wildman–Crippen LogP) is 5.79. The van der Waals surface area contributed by atoms with E-state index in [1.54, 1.807) is 11.3 Å². The molecule has 2 saturated heterocycles. The summed E-state index contributed by atoms with van der Waals surface area (Å²) in [7, 11) is 0. The molecule has 2 atom stereocenters. The Bertz CT molecular complexity index is 1010. The molecule has 0 N–H and O–H groups in total. The first kappa shape index (κ1) is 21.4. The molecule has 32 heavy (non-hydrogen) atoms. The number of amides is 1. The van der Waals surface area contributed by atoms with Gasteiger partial charge in [0.2, 0.25) is 0 Å². The molecule has 5 rings (SSSR count). The highest BCUT2D eigenvalue weighted by Gasteiger charge is 2.38. The van der Waals surface area contributed by atoms with Crippen molar-refractivity contribution in [2.45, 2.75) is 31.6 Å². The normalized spacial score (nSPS) is 22.3. The second kappa shape index (κ2) is 9.60. The Balaban J connectivity index is 1.25. The second-order valence-corrected chi connectivity index (χ2v) is 10.3. The van der Waals surface area contributed by atoms with E-state index in [4.69, 9.17) is 0 Å². The molecule has 2 aliphatic rings. The fourth-order valence-corrected chi connectivity index (χ4v) is 6.19. The van der Waals surface area contributed by atoms with Crippen LogP contribution in [0.3, 0.4) is 0 Å². The summed E-state index contributed by atoms with van der Waals surface area (Å²) < 4.78 is 0. The molecule has 3 heterocycles. The highest BCUT2D eigenvalue weighted by atomic mass is 32.1. The van der Waals surface area contributed by atoms with Crippen molar-refractivity contribution < 1.29 is 4.79 Å². The van der Waals surface area contributed by atoms with Gasteiger partial charge in [0, 0.05) is 31.1 Å². The molecule has 166 valence electrons. The first-order valence-electron chi connectivity index (χ1n) is 11.8. The van der Waals surface area contributed by atoms with E-state index in [9.17, 15) is 4.79 Å². The molecule has 0 bridgehead atoms. The van der Waals surface area contributed by atoms with Gasteiger partial charge in [-0.3, -0.25) is 4.79 Å². The molecule has 1 aromatic heterocycles. The Hall–Kier alpha value is -2.43. The van der Waals surface area contributed by atoms with Crippen LogP contribution in [0, 0.1) is 12.8 Å². The molecule has 1 unspecified atom stereocenters. The van der Waals surface area contributed by atoms with E-state index in [0.717, 1.165) is 38.3 Å². The van der Waals surface area contributed by atoms with Crippen molar-refractivity contribution in [1.82, 2.24) is 9.80 Å². The van der Waals surface area contributed by atoms with Crippen LogP contribution < -0.4 is 0 Å². The maximum absolute atomic E-state index is 13.2. The number of nitrogens with zero attached hydrogens (tertiary/aromatic N) is 2. The third-order valence-corrected chi connectivity index (χ3v) is 8.05. The molecule has 2 aromatic carbocycles. The summed E-state index contributed by atoms with van der Waals surface area (Å²) in [5.41, 5.74) is 4.89. The number of aryl methyl sites for hydroxylation is 1. The number of carbonyl (C=O) groups is 1. The van der Waals surface area contributed by atoms with Crippen LogP contribution >= 0.6 is 11.3 Å². The molecule has 0 aliphatic carbocycles. The Morgan fingerprint density at radius 2 is 1.69 bits per heavy atom. The van der Waals surface area contributed by atoms with Gasteiger partial charge in [0.15, 0.2) is 0 Å².